The van der Waals surface area contributed by atoms with Gasteiger partial charge in [0.05, 0.1) is 6.20 Å². The summed E-state index contributed by atoms with van der Waals surface area (Å²) in [5.74, 6) is 0.759. The summed E-state index contributed by atoms with van der Waals surface area (Å²) in [5, 5.41) is 6.17. The van der Waals surface area contributed by atoms with Gasteiger partial charge in [-0.1, -0.05) is 31.2 Å². The predicted octanol–water partition coefficient (Wildman–Crippen LogP) is 3.19. The van der Waals surface area contributed by atoms with E-state index in [4.69, 9.17) is 0 Å². The Hall–Kier alpha value is -2.17. The summed E-state index contributed by atoms with van der Waals surface area (Å²) in [5.41, 5.74) is 2.74. The van der Waals surface area contributed by atoms with Crippen LogP contribution in [-0.4, -0.2) is 23.1 Å². The van der Waals surface area contributed by atoms with Crippen LogP contribution >= 0.6 is 0 Å². The van der Waals surface area contributed by atoms with Crippen molar-refractivity contribution in [2.75, 3.05) is 23.7 Å². The first-order chi connectivity index (χ1) is 10.3. The molecule has 2 N–H and O–H groups in total. The zero-order valence-electron chi connectivity index (χ0n) is 12.1. The largest absolute Gasteiger partial charge is 0.367 e. The number of aromatic nitrogens is 2. The molecule has 0 amide bonds. The lowest BCUT2D eigenvalue weighted by Crippen LogP contribution is -2.25. The number of anilines is 2. The lowest BCUT2D eigenvalue weighted by Gasteiger charge is -2.30. The molecule has 0 saturated heterocycles. The lowest BCUT2D eigenvalue weighted by atomic mass is 9.77. The second-order valence-electron chi connectivity index (χ2n) is 5.30. The highest BCUT2D eigenvalue weighted by Gasteiger charge is 2.25. The van der Waals surface area contributed by atoms with E-state index in [-0.39, 0.29) is 5.82 Å². The molecule has 21 heavy (non-hydrogen) atoms. The van der Waals surface area contributed by atoms with E-state index in [2.05, 4.69) is 45.7 Å². The van der Waals surface area contributed by atoms with Gasteiger partial charge in [-0.2, -0.15) is 4.98 Å². The van der Waals surface area contributed by atoms with Crippen LogP contribution in [0.4, 0.5) is 16.2 Å². The topological polar surface area (TPSA) is 49.8 Å². The molecule has 5 heteroatoms. The smallest absolute Gasteiger partial charge is 0.224 e. The Bertz CT molecular complexity index is 629. The highest BCUT2D eigenvalue weighted by molar-refractivity contribution is 5.45. The standard InChI is InChI=1S/C16H19FN4/c1-2-7-18-16-20-10-14(17)15(21-16)19-9-12-8-11-5-3-4-6-13(11)12/h3-6,10,12H,2,7-9H2,1H3,(H2,18,19,20,21). The first kappa shape index (κ1) is 13.8. The summed E-state index contributed by atoms with van der Waals surface area (Å²) >= 11 is 0. The summed E-state index contributed by atoms with van der Waals surface area (Å²) < 4.78 is 13.7. The Morgan fingerprint density at radius 2 is 2.14 bits per heavy atom. The van der Waals surface area contributed by atoms with Crippen molar-refractivity contribution in [3.05, 3.63) is 47.4 Å². The maximum Gasteiger partial charge on any atom is 0.224 e. The second kappa shape index (κ2) is 6.08. The van der Waals surface area contributed by atoms with Crippen LogP contribution in [0.3, 0.4) is 0 Å². The normalized spacial score (nSPS) is 16.0. The van der Waals surface area contributed by atoms with Crippen LogP contribution in [-0.2, 0) is 6.42 Å². The fraction of sp³-hybridized carbons (Fsp3) is 0.375. The third-order valence-corrected chi connectivity index (χ3v) is 3.75. The van der Waals surface area contributed by atoms with Crippen molar-refractivity contribution in [2.24, 2.45) is 0 Å². The van der Waals surface area contributed by atoms with Crippen LogP contribution in [0.2, 0.25) is 0 Å². The minimum absolute atomic E-state index is 0.271. The molecule has 1 unspecified atom stereocenters. The molecule has 1 aromatic heterocycles. The third-order valence-electron chi connectivity index (χ3n) is 3.75. The molecular weight excluding hydrogens is 267 g/mol. The van der Waals surface area contributed by atoms with Crippen LogP contribution in [0.1, 0.15) is 30.4 Å². The molecule has 1 heterocycles. The predicted molar refractivity (Wildman–Crippen MR) is 82.1 cm³/mol. The Labute approximate surface area is 123 Å². The molecule has 2 aromatic rings. The maximum atomic E-state index is 13.7. The number of nitrogens with one attached hydrogen (secondary N) is 2. The van der Waals surface area contributed by atoms with Gasteiger partial charge in [0.2, 0.25) is 5.95 Å². The van der Waals surface area contributed by atoms with Gasteiger partial charge in [-0.05, 0) is 24.0 Å². The fourth-order valence-corrected chi connectivity index (χ4v) is 2.58. The van der Waals surface area contributed by atoms with Gasteiger partial charge in [0, 0.05) is 19.0 Å². The van der Waals surface area contributed by atoms with Gasteiger partial charge in [-0.3, -0.25) is 0 Å². The lowest BCUT2D eigenvalue weighted by molar-refractivity contribution is 0.604. The van der Waals surface area contributed by atoms with Crippen molar-refractivity contribution < 1.29 is 4.39 Å². The van der Waals surface area contributed by atoms with Gasteiger partial charge in [0.15, 0.2) is 11.6 Å². The quantitative estimate of drug-likeness (QED) is 0.856. The molecule has 110 valence electrons. The first-order valence-corrected chi connectivity index (χ1v) is 7.36. The van der Waals surface area contributed by atoms with E-state index in [0.29, 0.717) is 18.4 Å². The van der Waals surface area contributed by atoms with Crippen LogP contribution in [0, 0.1) is 5.82 Å². The SMILES string of the molecule is CCCNc1ncc(F)c(NCC2Cc3ccccc32)n1. The number of fused-ring (bicyclic) bond motifs is 1. The zero-order chi connectivity index (χ0) is 14.7. The molecule has 0 bridgehead atoms. The highest BCUT2D eigenvalue weighted by atomic mass is 19.1. The van der Waals surface area contributed by atoms with Crippen molar-refractivity contribution >= 4 is 11.8 Å². The summed E-state index contributed by atoms with van der Waals surface area (Å²) in [7, 11) is 0. The van der Waals surface area contributed by atoms with Crippen molar-refractivity contribution in [1.29, 1.82) is 0 Å². The number of hydrogen-bond acceptors (Lipinski definition) is 4. The van der Waals surface area contributed by atoms with Crippen LogP contribution in [0.25, 0.3) is 0 Å². The molecule has 0 spiro atoms. The number of benzene rings is 1. The van der Waals surface area contributed by atoms with Gasteiger partial charge < -0.3 is 10.6 Å². The molecule has 1 aliphatic rings. The maximum absolute atomic E-state index is 13.7. The van der Waals surface area contributed by atoms with E-state index < -0.39 is 5.82 Å². The Balaban J connectivity index is 1.63. The Morgan fingerprint density at radius 1 is 1.29 bits per heavy atom. The number of halogens is 1. The average Bonchev–Trinajstić information content (AvgIpc) is 2.48. The Kier molecular flexibility index (Phi) is 3.99. The van der Waals surface area contributed by atoms with Crippen LogP contribution in [0.5, 0.6) is 0 Å². The summed E-state index contributed by atoms with van der Waals surface area (Å²) in [6.07, 6.45) is 3.22. The molecule has 1 aliphatic carbocycles. The minimum Gasteiger partial charge on any atom is -0.367 e. The van der Waals surface area contributed by atoms with E-state index in [1.807, 2.05) is 6.07 Å². The monoisotopic (exact) mass is 286 g/mol. The molecule has 0 fully saturated rings. The first-order valence-electron chi connectivity index (χ1n) is 7.36. The molecule has 3 rings (SSSR count). The van der Waals surface area contributed by atoms with Crippen molar-refractivity contribution in [3.63, 3.8) is 0 Å². The number of rotatable bonds is 6. The molecule has 0 aliphatic heterocycles. The molecule has 1 atom stereocenters. The van der Waals surface area contributed by atoms with Crippen LogP contribution in [0.15, 0.2) is 30.5 Å². The highest BCUT2D eigenvalue weighted by Crippen LogP contribution is 2.34. The van der Waals surface area contributed by atoms with Gasteiger partial charge in [0.25, 0.3) is 0 Å². The van der Waals surface area contributed by atoms with Gasteiger partial charge >= 0.3 is 0 Å². The van der Waals surface area contributed by atoms with Crippen LogP contribution < -0.4 is 10.6 Å². The zero-order valence-corrected chi connectivity index (χ0v) is 12.1. The average molecular weight is 286 g/mol. The molecule has 4 nitrogen and oxygen atoms in total. The van der Waals surface area contributed by atoms with Crippen molar-refractivity contribution in [2.45, 2.75) is 25.7 Å². The summed E-state index contributed by atoms with van der Waals surface area (Å²) in [6, 6.07) is 8.38. The second-order valence-corrected chi connectivity index (χ2v) is 5.30. The molecule has 0 radical (unpaired) electrons. The molecular formula is C16H19FN4. The van der Waals surface area contributed by atoms with Crippen molar-refractivity contribution in [1.82, 2.24) is 9.97 Å². The fourth-order valence-electron chi connectivity index (χ4n) is 2.58. The number of nitrogens with zero attached hydrogens (tertiary/aromatic N) is 2. The summed E-state index contributed by atoms with van der Waals surface area (Å²) in [4.78, 5) is 8.12. The van der Waals surface area contributed by atoms with Gasteiger partial charge in [0.1, 0.15) is 0 Å². The van der Waals surface area contributed by atoms with Gasteiger partial charge in [-0.25, -0.2) is 9.37 Å². The van der Waals surface area contributed by atoms with E-state index in [0.717, 1.165) is 19.4 Å². The Morgan fingerprint density at radius 3 is 2.95 bits per heavy atom. The van der Waals surface area contributed by atoms with Crippen molar-refractivity contribution in [3.8, 4) is 0 Å². The van der Waals surface area contributed by atoms with E-state index in [1.54, 1.807) is 0 Å². The van der Waals surface area contributed by atoms with E-state index in [1.165, 1.54) is 17.3 Å². The van der Waals surface area contributed by atoms with E-state index in [9.17, 15) is 4.39 Å². The minimum atomic E-state index is -0.412. The van der Waals surface area contributed by atoms with E-state index >= 15 is 0 Å². The third kappa shape index (κ3) is 2.96. The summed E-state index contributed by atoms with van der Waals surface area (Å²) in [6.45, 7) is 3.53. The molecule has 1 aromatic carbocycles. The number of hydrogen-bond donors (Lipinski definition) is 2. The molecule has 0 saturated carbocycles. The van der Waals surface area contributed by atoms with Gasteiger partial charge in [-0.15, -0.1) is 0 Å².